The largest absolute Gasteiger partial charge is 0.481 e. The first-order valence-electron chi connectivity index (χ1n) is 8.79. The van der Waals surface area contributed by atoms with Gasteiger partial charge in [0.1, 0.15) is 29.2 Å². The number of hydrogen-bond acceptors (Lipinski definition) is 7. The smallest absolute Gasteiger partial charge is 0.269 e. The lowest BCUT2D eigenvalue weighted by Gasteiger charge is -2.19. The first-order valence-corrected chi connectivity index (χ1v) is 9.61. The lowest BCUT2D eigenvalue weighted by molar-refractivity contribution is 0.0790. The third-order valence-electron chi connectivity index (χ3n) is 4.53. The van der Waals surface area contributed by atoms with Gasteiger partial charge in [0, 0.05) is 23.8 Å². The quantitative estimate of drug-likeness (QED) is 0.829. The first kappa shape index (κ1) is 18.1. The number of aliphatic imine (C=N–C) groups is 1. The van der Waals surface area contributed by atoms with Crippen molar-refractivity contribution in [1.29, 1.82) is 0 Å². The number of carbonyl (C=O) groups excluding carboxylic acids is 1. The van der Waals surface area contributed by atoms with Gasteiger partial charge in [-0.3, -0.25) is 14.4 Å². The van der Waals surface area contributed by atoms with Gasteiger partial charge in [0.15, 0.2) is 5.06 Å². The van der Waals surface area contributed by atoms with Crippen LogP contribution in [0.4, 0.5) is 0 Å². The molecular weight excluding hydrogens is 368 g/mol. The van der Waals surface area contributed by atoms with Gasteiger partial charge in [-0.25, -0.2) is 4.98 Å². The van der Waals surface area contributed by atoms with Gasteiger partial charge in [0.2, 0.25) is 0 Å². The molecule has 2 aliphatic rings. The van der Waals surface area contributed by atoms with Gasteiger partial charge in [0.05, 0.1) is 24.5 Å². The van der Waals surface area contributed by atoms with Gasteiger partial charge in [-0.2, -0.15) is 0 Å². The Hall–Kier alpha value is -2.23. The van der Waals surface area contributed by atoms with Gasteiger partial charge in [-0.1, -0.05) is 11.3 Å². The molecule has 2 aliphatic heterocycles. The number of rotatable bonds is 3. The number of imidazole rings is 1. The summed E-state index contributed by atoms with van der Waals surface area (Å²) in [6.45, 7) is 6.76. The molecule has 4 rings (SSSR count). The minimum atomic E-state index is -1.04. The molecule has 2 aromatic rings. The lowest BCUT2D eigenvalue weighted by atomic mass is 10.0. The number of aliphatic hydroxyl groups is 1. The number of nitrogens with zero attached hydrogens (tertiary/aromatic N) is 3. The van der Waals surface area contributed by atoms with Gasteiger partial charge in [-0.05, 0) is 20.8 Å². The third-order valence-corrected chi connectivity index (χ3v) is 5.68. The van der Waals surface area contributed by atoms with Crippen LogP contribution >= 0.6 is 11.3 Å². The maximum Gasteiger partial charge on any atom is 0.269 e. The van der Waals surface area contributed by atoms with Crippen molar-refractivity contribution in [2.24, 2.45) is 10.7 Å². The maximum atomic E-state index is 12.1. The summed E-state index contributed by atoms with van der Waals surface area (Å²) in [5.41, 5.74) is 7.15. The fourth-order valence-electron chi connectivity index (χ4n) is 3.37. The van der Waals surface area contributed by atoms with Gasteiger partial charge >= 0.3 is 0 Å². The molecule has 27 heavy (non-hydrogen) atoms. The number of primary amides is 1. The van der Waals surface area contributed by atoms with E-state index in [0.717, 1.165) is 21.2 Å². The van der Waals surface area contributed by atoms with E-state index in [1.54, 1.807) is 13.8 Å². The van der Waals surface area contributed by atoms with Crippen LogP contribution in [-0.2, 0) is 17.8 Å². The van der Waals surface area contributed by atoms with Crippen molar-refractivity contribution >= 4 is 23.5 Å². The van der Waals surface area contributed by atoms with Crippen LogP contribution < -0.4 is 10.5 Å². The molecule has 0 bridgehead atoms. The molecule has 0 aliphatic carbocycles. The van der Waals surface area contributed by atoms with Crippen LogP contribution in [-0.4, -0.2) is 45.6 Å². The zero-order valence-corrected chi connectivity index (χ0v) is 16.3. The molecule has 0 spiro atoms. The highest BCUT2D eigenvalue weighted by molar-refractivity contribution is 7.17. The van der Waals surface area contributed by atoms with Crippen LogP contribution in [0.3, 0.4) is 0 Å². The molecule has 1 unspecified atom stereocenters. The Labute approximate surface area is 160 Å². The van der Waals surface area contributed by atoms with Crippen LogP contribution in [0.15, 0.2) is 4.99 Å². The van der Waals surface area contributed by atoms with Crippen molar-refractivity contribution in [3.05, 3.63) is 28.3 Å². The normalized spacial score (nSPS) is 18.7. The van der Waals surface area contributed by atoms with Gasteiger partial charge < -0.3 is 20.3 Å². The summed E-state index contributed by atoms with van der Waals surface area (Å²) < 4.78 is 13.4. The van der Waals surface area contributed by atoms with E-state index < -0.39 is 11.5 Å². The van der Waals surface area contributed by atoms with Crippen molar-refractivity contribution in [2.75, 3.05) is 13.2 Å². The fraction of sp³-hybridized carbons (Fsp3) is 0.500. The highest BCUT2D eigenvalue weighted by Gasteiger charge is 2.33. The molecule has 4 heterocycles. The SMILES string of the molecule is CC1N=Cc2c(sc3c2COCCO3)-n2c1nc(C(N)=O)c2CC(C)(C)O. The number of thiophene rings is 1. The number of amides is 1. The molecule has 0 fully saturated rings. The molecule has 144 valence electrons. The zero-order valence-electron chi connectivity index (χ0n) is 15.5. The van der Waals surface area contributed by atoms with Crippen LogP contribution in [0.2, 0.25) is 0 Å². The second kappa shape index (κ2) is 6.43. The zero-order chi connectivity index (χ0) is 19.3. The Bertz CT molecular complexity index is 938. The van der Waals surface area contributed by atoms with E-state index >= 15 is 0 Å². The number of hydrogen-bond donors (Lipinski definition) is 2. The van der Waals surface area contributed by atoms with Crippen molar-refractivity contribution in [1.82, 2.24) is 9.55 Å². The lowest BCUT2D eigenvalue weighted by Crippen LogP contribution is -2.26. The van der Waals surface area contributed by atoms with E-state index in [0.29, 0.717) is 31.3 Å². The molecule has 0 aromatic carbocycles. The van der Waals surface area contributed by atoms with Crippen LogP contribution in [0.5, 0.6) is 5.06 Å². The first-order chi connectivity index (χ1) is 12.8. The Morgan fingerprint density at radius 1 is 1.48 bits per heavy atom. The molecule has 1 atom stereocenters. The van der Waals surface area contributed by atoms with E-state index in [1.165, 1.54) is 11.3 Å². The number of fused-ring (bicyclic) bond motifs is 5. The van der Waals surface area contributed by atoms with E-state index in [1.807, 2.05) is 17.7 Å². The molecule has 8 nitrogen and oxygen atoms in total. The molecule has 9 heteroatoms. The summed E-state index contributed by atoms with van der Waals surface area (Å²) in [5, 5.41) is 12.1. The van der Waals surface area contributed by atoms with Crippen LogP contribution in [0, 0.1) is 0 Å². The van der Waals surface area contributed by atoms with Gasteiger partial charge in [-0.15, -0.1) is 0 Å². The van der Waals surface area contributed by atoms with Crippen molar-refractivity contribution in [3.63, 3.8) is 0 Å². The summed E-state index contributed by atoms with van der Waals surface area (Å²) in [6, 6.07) is -0.262. The molecule has 1 amide bonds. The Kier molecular flexibility index (Phi) is 4.32. The Morgan fingerprint density at radius 3 is 2.96 bits per heavy atom. The number of aromatic nitrogens is 2. The predicted molar refractivity (Wildman–Crippen MR) is 101 cm³/mol. The average molecular weight is 390 g/mol. The third kappa shape index (κ3) is 3.15. The maximum absolute atomic E-state index is 12.1. The number of nitrogens with two attached hydrogens (primary N) is 1. The second-order valence-corrected chi connectivity index (χ2v) is 8.36. The molecule has 2 aromatic heterocycles. The van der Waals surface area contributed by atoms with E-state index in [2.05, 4.69) is 9.98 Å². The van der Waals surface area contributed by atoms with Crippen molar-refractivity contribution in [2.45, 2.75) is 45.4 Å². The summed E-state index contributed by atoms with van der Waals surface area (Å²) in [6.07, 6.45) is 2.05. The standard InChI is InChI=1S/C18H22N4O4S/c1-9-15-21-13(14(19)23)12(6-18(2,3)24)22(15)16-10(7-20-9)11-8-25-4-5-26-17(11)27-16/h7,9,24H,4-6,8H2,1-3H3,(H2,19,23). The van der Waals surface area contributed by atoms with Crippen molar-refractivity contribution < 1.29 is 19.4 Å². The van der Waals surface area contributed by atoms with Gasteiger partial charge in [0.25, 0.3) is 5.91 Å². The predicted octanol–water partition coefficient (Wildman–Crippen LogP) is 1.75. The molecule has 0 radical (unpaired) electrons. The monoisotopic (exact) mass is 390 g/mol. The Morgan fingerprint density at radius 2 is 2.26 bits per heavy atom. The van der Waals surface area contributed by atoms with Crippen LogP contribution in [0.1, 0.15) is 59.9 Å². The summed E-state index contributed by atoms with van der Waals surface area (Å²) in [4.78, 5) is 21.2. The molecule has 0 saturated carbocycles. The topological polar surface area (TPSA) is 112 Å². The highest BCUT2D eigenvalue weighted by atomic mass is 32.1. The fourth-order valence-corrected chi connectivity index (χ4v) is 4.56. The average Bonchev–Trinajstić information content (AvgIpc) is 2.95. The second-order valence-electron chi connectivity index (χ2n) is 7.40. The minimum Gasteiger partial charge on any atom is -0.481 e. The van der Waals surface area contributed by atoms with Crippen molar-refractivity contribution in [3.8, 4) is 10.1 Å². The van der Waals surface area contributed by atoms with E-state index in [-0.39, 0.29) is 18.2 Å². The number of ether oxygens (including phenoxy) is 2. The van der Waals surface area contributed by atoms with E-state index in [9.17, 15) is 9.90 Å². The minimum absolute atomic E-state index is 0.169. The summed E-state index contributed by atoms with van der Waals surface area (Å²) in [7, 11) is 0. The summed E-state index contributed by atoms with van der Waals surface area (Å²) >= 11 is 1.47. The molecule has 3 N–H and O–H groups in total. The molecule has 0 saturated heterocycles. The summed E-state index contributed by atoms with van der Waals surface area (Å²) in [5.74, 6) is 0.000587. The Balaban J connectivity index is 1.99. The van der Waals surface area contributed by atoms with E-state index in [4.69, 9.17) is 15.2 Å². The van der Waals surface area contributed by atoms with Crippen LogP contribution in [0.25, 0.3) is 5.00 Å². The highest BCUT2D eigenvalue weighted by Crippen LogP contribution is 2.43. The number of carbonyl (C=O) groups is 1. The molecular formula is C18H22N4O4S.